The number of fused-ring (bicyclic) bond motifs is 1. The van der Waals surface area contributed by atoms with Crippen molar-refractivity contribution in [1.82, 2.24) is 9.55 Å². The van der Waals surface area contributed by atoms with E-state index in [1.165, 1.54) is 25.3 Å². The van der Waals surface area contributed by atoms with Gasteiger partial charge in [0.25, 0.3) is 0 Å². The van der Waals surface area contributed by atoms with Gasteiger partial charge in [0.05, 0.1) is 5.52 Å². The minimum Gasteiger partial charge on any atom is -0.503 e. The molecule has 0 aliphatic heterocycles. The highest BCUT2D eigenvalue weighted by atomic mass is 35.5. The van der Waals surface area contributed by atoms with Crippen molar-refractivity contribution in [1.29, 1.82) is 0 Å². The van der Waals surface area contributed by atoms with Gasteiger partial charge in [0, 0.05) is 53.3 Å². The number of hydrogen-bond acceptors (Lipinski definition) is 4. The quantitative estimate of drug-likeness (QED) is 0.375. The van der Waals surface area contributed by atoms with Gasteiger partial charge in [-0.1, -0.05) is 37.3 Å². The summed E-state index contributed by atoms with van der Waals surface area (Å²) in [5, 5.41) is 14.9. The van der Waals surface area contributed by atoms with Gasteiger partial charge in [0.15, 0.2) is 5.75 Å². The zero-order valence-electron chi connectivity index (χ0n) is 17.2. The van der Waals surface area contributed by atoms with Gasteiger partial charge < -0.3 is 15.0 Å². The van der Waals surface area contributed by atoms with E-state index in [1.54, 1.807) is 6.20 Å². The number of aryl methyl sites for hydroxylation is 2. The standard InChI is InChI=1S/C23H28ClN3O2.ClH/c1-17-14-22(28)23(29)16-27(17)13-7-5-3-2-4-6-11-25-20-10-12-26-21-15-18(24)8-9-19(20)21;/h8-10,12,14-16,29H,2-7,11,13H2,1H3,(H,25,26);1H. The Labute approximate surface area is 188 Å². The maximum Gasteiger partial charge on any atom is 0.223 e. The number of benzene rings is 1. The first-order valence-corrected chi connectivity index (χ1v) is 10.6. The average molecular weight is 450 g/mol. The van der Waals surface area contributed by atoms with Crippen LogP contribution < -0.4 is 10.7 Å². The van der Waals surface area contributed by atoms with Crippen molar-refractivity contribution in [2.24, 2.45) is 0 Å². The number of halogens is 2. The lowest BCUT2D eigenvalue weighted by Crippen LogP contribution is -2.09. The molecular weight excluding hydrogens is 421 g/mol. The molecule has 0 amide bonds. The summed E-state index contributed by atoms with van der Waals surface area (Å²) < 4.78 is 1.95. The molecule has 2 aromatic heterocycles. The van der Waals surface area contributed by atoms with E-state index in [4.69, 9.17) is 11.6 Å². The molecule has 0 radical (unpaired) electrons. The Balaban J connectivity index is 0.00000320. The average Bonchev–Trinajstić information content (AvgIpc) is 2.70. The number of aromatic nitrogens is 2. The molecule has 0 aliphatic rings. The molecule has 0 atom stereocenters. The normalized spacial score (nSPS) is 10.7. The third-order valence-corrected chi connectivity index (χ3v) is 5.40. The molecule has 30 heavy (non-hydrogen) atoms. The summed E-state index contributed by atoms with van der Waals surface area (Å²) in [6.07, 6.45) is 10.3. The van der Waals surface area contributed by atoms with E-state index < -0.39 is 0 Å². The molecule has 1 aromatic carbocycles. The fourth-order valence-electron chi connectivity index (χ4n) is 3.51. The van der Waals surface area contributed by atoms with E-state index in [9.17, 15) is 9.90 Å². The molecule has 3 aromatic rings. The van der Waals surface area contributed by atoms with E-state index in [-0.39, 0.29) is 23.6 Å². The largest absolute Gasteiger partial charge is 0.503 e. The van der Waals surface area contributed by atoms with Crippen molar-refractivity contribution in [3.8, 4) is 5.75 Å². The van der Waals surface area contributed by atoms with Crippen LogP contribution in [-0.2, 0) is 6.54 Å². The number of aromatic hydroxyl groups is 1. The molecular formula is C23H29Cl2N3O2. The Morgan fingerprint density at radius 3 is 2.60 bits per heavy atom. The smallest absolute Gasteiger partial charge is 0.223 e. The van der Waals surface area contributed by atoms with Crippen LogP contribution in [0.25, 0.3) is 10.9 Å². The number of rotatable bonds is 10. The second-order valence-electron chi connectivity index (χ2n) is 7.43. The minimum atomic E-state index is -0.309. The second kappa shape index (κ2) is 11.8. The summed E-state index contributed by atoms with van der Waals surface area (Å²) >= 11 is 6.04. The number of nitrogens with zero attached hydrogens (tertiary/aromatic N) is 2. The lowest BCUT2D eigenvalue weighted by atomic mass is 10.1. The molecule has 0 unspecified atom stereocenters. The predicted molar refractivity (Wildman–Crippen MR) is 127 cm³/mol. The van der Waals surface area contributed by atoms with Crippen LogP contribution in [0.4, 0.5) is 5.69 Å². The molecule has 2 heterocycles. The lowest BCUT2D eigenvalue weighted by Gasteiger charge is -2.11. The minimum absolute atomic E-state index is 0. The first-order valence-electron chi connectivity index (χ1n) is 10.2. The Morgan fingerprint density at radius 1 is 1.07 bits per heavy atom. The van der Waals surface area contributed by atoms with Crippen LogP contribution in [0, 0.1) is 6.92 Å². The van der Waals surface area contributed by atoms with Crippen LogP contribution in [0.5, 0.6) is 5.75 Å². The van der Waals surface area contributed by atoms with Gasteiger partial charge in [-0.2, -0.15) is 0 Å². The zero-order valence-corrected chi connectivity index (χ0v) is 18.8. The van der Waals surface area contributed by atoms with Crippen LogP contribution in [0.3, 0.4) is 0 Å². The van der Waals surface area contributed by atoms with Crippen molar-refractivity contribution in [3.05, 3.63) is 63.7 Å². The van der Waals surface area contributed by atoms with Gasteiger partial charge in [-0.05, 0) is 44.0 Å². The van der Waals surface area contributed by atoms with Gasteiger partial charge in [0.1, 0.15) is 0 Å². The SMILES string of the molecule is Cc1cc(=O)c(O)cn1CCCCCCCCNc1ccnc2cc(Cl)ccc12.Cl. The first kappa shape index (κ1) is 24.0. The van der Waals surface area contributed by atoms with Crippen molar-refractivity contribution >= 4 is 40.6 Å². The number of anilines is 1. The van der Waals surface area contributed by atoms with Crippen LogP contribution in [0.1, 0.15) is 44.2 Å². The highest BCUT2D eigenvalue weighted by Crippen LogP contribution is 2.24. The summed E-state index contributed by atoms with van der Waals surface area (Å²) in [6, 6.07) is 9.29. The second-order valence-corrected chi connectivity index (χ2v) is 7.86. The lowest BCUT2D eigenvalue weighted by molar-refractivity contribution is 0.455. The Hall–Kier alpha value is -2.24. The highest BCUT2D eigenvalue weighted by molar-refractivity contribution is 6.31. The fraction of sp³-hybridized carbons (Fsp3) is 0.391. The molecule has 2 N–H and O–H groups in total. The van der Waals surface area contributed by atoms with Crippen molar-refractivity contribution in [2.45, 2.75) is 52.0 Å². The highest BCUT2D eigenvalue weighted by Gasteiger charge is 2.03. The summed E-state index contributed by atoms with van der Waals surface area (Å²) in [7, 11) is 0. The molecule has 0 spiro atoms. The number of nitrogens with one attached hydrogen (secondary N) is 1. The number of pyridine rings is 2. The number of unbranched alkanes of at least 4 members (excludes halogenated alkanes) is 5. The van der Waals surface area contributed by atoms with E-state index in [0.717, 1.165) is 54.6 Å². The van der Waals surface area contributed by atoms with Crippen LogP contribution in [0.2, 0.25) is 5.02 Å². The summed E-state index contributed by atoms with van der Waals surface area (Å²) in [5.74, 6) is -0.173. The molecule has 0 bridgehead atoms. The molecule has 162 valence electrons. The third kappa shape index (κ3) is 6.64. The Morgan fingerprint density at radius 2 is 1.80 bits per heavy atom. The van der Waals surface area contributed by atoms with Gasteiger partial charge in [-0.25, -0.2) is 0 Å². The molecule has 0 aliphatic carbocycles. The fourth-order valence-corrected chi connectivity index (χ4v) is 3.68. The zero-order chi connectivity index (χ0) is 20.6. The molecule has 0 saturated carbocycles. The molecule has 5 nitrogen and oxygen atoms in total. The summed E-state index contributed by atoms with van der Waals surface area (Å²) in [5.41, 5.74) is 2.60. The van der Waals surface area contributed by atoms with Gasteiger partial charge in [-0.15, -0.1) is 12.4 Å². The Kier molecular flexibility index (Phi) is 9.47. The van der Waals surface area contributed by atoms with Gasteiger partial charge in [0.2, 0.25) is 5.43 Å². The van der Waals surface area contributed by atoms with E-state index in [2.05, 4.69) is 10.3 Å². The van der Waals surface area contributed by atoms with Crippen LogP contribution in [-0.4, -0.2) is 21.2 Å². The van der Waals surface area contributed by atoms with Crippen molar-refractivity contribution in [3.63, 3.8) is 0 Å². The van der Waals surface area contributed by atoms with Gasteiger partial charge in [-0.3, -0.25) is 9.78 Å². The molecule has 3 rings (SSSR count). The van der Waals surface area contributed by atoms with Crippen molar-refractivity contribution < 1.29 is 5.11 Å². The Bertz CT molecular complexity index is 1020. The molecule has 0 saturated heterocycles. The first-order chi connectivity index (χ1) is 14.0. The molecule has 0 fully saturated rings. The van der Waals surface area contributed by atoms with E-state index >= 15 is 0 Å². The van der Waals surface area contributed by atoms with E-state index in [1.807, 2.05) is 42.0 Å². The third-order valence-electron chi connectivity index (χ3n) is 5.17. The van der Waals surface area contributed by atoms with Gasteiger partial charge >= 0.3 is 0 Å². The summed E-state index contributed by atoms with van der Waals surface area (Å²) in [6.45, 7) is 3.67. The van der Waals surface area contributed by atoms with Crippen LogP contribution >= 0.6 is 24.0 Å². The maximum atomic E-state index is 11.4. The van der Waals surface area contributed by atoms with Crippen molar-refractivity contribution in [2.75, 3.05) is 11.9 Å². The topological polar surface area (TPSA) is 67.2 Å². The maximum absolute atomic E-state index is 11.4. The monoisotopic (exact) mass is 449 g/mol. The number of hydrogen-bond donors (Lipinski definition) is 2. The van der Waals surface area contributed by atoms with E-state index in [0.29, 0.717) is 5.02 Å². The summed E-state index contributed by atoms with van der Waals surface area (Å²) in [4.78, 5) is 15.8. The predicted octanol–water partition coefficient (Wildman–Crippen LogP) is 5.94. The molecule has 7 heteroatoms. The van der Waals surface area contributed by atoms with Crippen LogP contribution in [0.15, 0.2) is 47.5 Å².